The smallest absolute Gasteiger partial charge is 0.214 e. The number of piperidine rings is 1. The Kier molecular flexibility index (Phi) is 6.14. The van der Waals surface area contributed by atoms with E-state index >= 15 is 0 Å². The van der Waals surface area contributed by atoms with Crippen molar-refractivity contribution in [3.05, 3.63) is 59.9 Å². The van der Waals surface area contributed by atoms with E-state index in [9.17, 15) is 4.39 Å². The van der Waals surface area contributed by atoms with Crippen LogP contribution in [0.1, 0.15) is 49.1 Å². The second-order valence-electron chi connectivity index (χ2n) is 9.67. The third kappa shape index (κ3) is 4.58. The van der Waals surface area contributed by atoms with Crippen LogP contribution < -0.4 is 16.0 Å². The molecule has 2 aliphatic rings. The number of aryl methyl sites for hydroxylation is 1. The molecular formula is C27H29FN8. The highest BCUT2D eigenvalue weighted by Gasteiger charge is 2.25. The monoisotopic (exact) mass is 484 g/mol. The normalized spacial score (nSPS) is 16.6. The number of rotatable bonds is 6. The maximum absolute atomic E-state index is 13.7. The van der Waals surface area contributed by atoms with Gasteiger partial charge in [0.1, 0.15) is 17.5 Å². The molecule has 1 saturated carbocycles. The van der Waals surface area contributed by atoms with Gasteiger partial charge in [-0.15, -0.1) is 0 Å². The first kappa shape index (κ1) is 22.7. The maximum Gasteiger partial charge on any atom is 0.214 e. The highest BCUT2D eigenvalue weighted by Crippen LogP contribution is 2.41. The highest BCUT2D eigenvalue weighted by molar-refractivity contribution is 5.93. The summed E-state index contributed by atoms with van der Waals surface area (Å²) in [6.45, 7) is 3.87. The number of pyridine rings is 3. The van der Waals surface area contributed by atoms with Gasteiger partial charge < -0.3 is 16.0 Å². The first-order valence-corrected chi connectivity index (χ1v) is 12.6. The van der Waals surface area contributed by atoms with Gasteiger partial charge in [0, 0.05) is 29.4 Å². The van der Waals surface area contributed by atoms with Crippen LogP contribution >= 0.6 is 0 Å². The molecule has 4 aromatic heterocycles. The van der Waals surface area contributed by atoms with Crippen LogP contribution in [0.4, 0.5) is 21.8 Å². The Morgan fingerprint density at radius 2 is 1.83 bits per heavy atom. The molecule has 0 radical (unpaired) electrons. The van der Waals surface area contributed by atoms with Gasteiger partial charge in [0.25, 0.3) is 0 Å². The third-order valence-corrected chi connectivity index (χ3v) is 7.19. The summed E-state index contributed by atoms with van der Waals surface area (Å²) in [5, 5.41) is 11.4. The summed E-state index contributed by atoms with van der Waals surface area (Å²) in [6, 6.07) is 7.14. The van der Waals surface area contributed by atoms with Crippen LogP contribution in [0, 0.1) is 12.9 Å². The molecular weight excluding hydrogens is 455 g/mol. The van der Waals surface area contributed by atoms with Crippen LogP contribution in [-0.2, 0) is 0 Å². The van der Waals surface area contributed by atoms with Crippen molar-refractivity contribution < 1.29 is 4.39 Å². The quantitative estimate of drug-likeness (QED) is 0.325. The van der Waals surface area contributed by atoms with E-state index in [1.807, 2.05) is 31.5 Å². The Morgan fingerprint density at radius 1 is 0.972 bits per heavy atom. The molecule has 0 bridgehead atoms. The molecule has 184 valence electrons. The Labute approximate surface area is 209 Å². The second-order valence-corrected chi connectivity index (χ2v) is 9.67. The minimum absolute atomic E-state index is 0.358. The molecule has 2 fully saturated rings. The van der Waals surface area contributed by atoms with Crippen molar-refractivity contribution in [2.24, 2.45) is 0 Å². The molecule has 8 nitrogen and oxygen atoms in total. The molecule has 3 N–H and O–H groups in total. The minimum Gasteiger partial charge on any atom is -0.367 e. The van der Waals surface area contributed by atoms with Crippen molar-refractivity contribution in [1.82, 2.24) is 30.2 Å². The predicted molar refractivity (Wildman–Crippen MR) is 139 cm³/mol. The highest BCUT2D eigenvalue weighted by atomic mass is 19.1. The lowest BCUT2D eigenvalue weighted by atomic mass is 9.79. The van der Waals surface area contributed by atoms with Crippen molar-refractivity contribution in [2.75, 3.05) is 23.7 Å². The lowest BCUT2D eigenvalue weighted by Gasteiger charge is -2.29. The number of aromatic nitrogens is 5. The molecule has 0 spiro atoms. The fourth-order valence-corrected chi connectivity index (χ4v) is 4.92. The zero-order valence-electron chi connectivity index (χ0n) is 20.3. The lowest BCUT2D eigenvalue weighted by molar-refractivity contribution is 0.421. The van der Waals surface area contributed by atoms with Crippen LogP contribution in [0.2, 0.25) is 0 Å². The van der Waals surface area contributed by atoms with Gasteiger partial charge in [-0.3, -0.25) is 4.98 Å². The molecule has 0 amide bonds. The summed E-state index contributed by atoms with van der Waals surface area (Å²) in [6.07, 6.45) is 11.2. The number of fused-ring (bicyclic) bond motifs is 1. The minimum atomic E-state index is -0.541. The zero-order chi connectivity index (χ0) is 24.5. The van der Waals surface area contributed by atoms with Gasteiger partial charge in [-0.05, 0) is 80.9 Å². The molecule has 9 heteroatoms. The van der Waals surface area contributed by atoms with Gasteiger partial charge in [-0.2, -0.15) is 4.39 Å². The first-order valence-electron chi connectivity index (χ1n) is 12.6. The largest absolute Gasteiger partial charge is 0.367 e. The van der Waals surface area contributed by atoms with Crippen molar-refractivity contribution in [3.8, 4) is 11.4 Å². The Hall–Kier alpha value is -3.72. The van der Waals surface area contributed by atoms with E-state index in [4.69, 9.17) is 9.97 Å². The van der Waals surface area contributed by atoms with E-state index in [0.717, 1.165) is 53.8 Å². The van der Waals surface area contributed by atoms with E-state index in [2.05, 4.69) is 30.9 Å². The maximum atomic E-state index is 13.7. The standard InChI is InChI=1S/C27H29FN8/c1-16-5-6-22(28)34-25(16)35-23-13-18(7-12-31-23)26-33-21-15-30-14-20(17-3-2-4-17)24(21)27(36-26)32-19-8-10-29-11-9-19/h5-7,12-15,17,19,29H,2-4,8-11H2,1H3,(H,31,34,35)(H,32,33,36). The van der Waals surface area contributed by atoms with Gasteiger partial charge in [-0.25, -0.2) is 19.9 Å². The van der Waals surface area contributed by atoms with Gasteiger partial charge in [0.05, 0.1) is 11.7 Å². The number of hydrogen-bond acceptors (Lipinski definition) is 8. The summed E-state index contributed by atoms with van der Waals surface area (Å²) in [7, 11) is 0. The second kappa shape index (κ2) is 9.73. The van der Waals surface area contributed by atoms with E-state index in [0.29, 0.717) is 29.4 Å². The molecule has 0 unspecified atom stereocenters. The molecule has 36 heavy (non-hydrogen) atoms. The number of anilines is 3. The van der Waals surface area contributed by atoms with Crippen LogP contribution in [0.5, 0.6) is 0 Å². The lowest BCUT2D eigenvalue weighted by Crippen LogP contribution is -2.35. The number of nitrogens with one attached hydrogen (secondary N) is 3. The van der Waals surface area contributed by atoms with Crippen molar-refractivity contribution in [1.29, 1.82) is 0 Å². The summed E-state index contributed by atoms with van der Waals surface area (Å²) in [5.74, 6) is 2.43. The third-order valence-electron chi connectivity index (χ3n) is 7.19. The first-order chi connectivity index (χ1) is 17.6. The molecule has 1 aliphatic heterocycles. The summed E-state index contributed by atoms with van der Waals surface area (Å²) in [5.41, 5.74) is 3.72. The summed E-state index contributed by atoms with van der Waals surface area (Å²) >= 11 is 0. The number of halogens is 1. The van der Waals surface area contributed by atoms with Crippen molar-refractivity contribution >= 4 is 28.4 Å². The molecule has 5 heterocycles. The van der Waals surface area contributed by atoms with E-state index in [-0.39, 0.29) is 0 Å². The molecule has 0 atom stereocenters. The van der Waals surface area contributed by atoms with E-state index < -0.39 is 5.95 Å². The van der Waals surface area contributed by atoms with Gasteiger partial charge >= 0.3 is 0 Å². The topological polar surface area (TPSA) is 101 Å². The van der Waals surface area contributed by atoms with Crippen LogP contribution in [0.15, 0.2) is 42.9 Å². The summed E-state index contributed by atoms with van der Waals surface area (Å²) < 4.78 is 13.7. The van der Waals surface area contributed by atoms with Gasteiger partial charge in [0.15, 0.2) is 5.82 Å². The molecule has 6 rings (SSSR count). The number of hydrogen-bond donors (Lipinski definition) is 3. The number of nitrogens with zero attached hydrogens (tertiary/aromatic N) is 5. The van der Waals surface area contributed by atoms with E-state index in [1.54, 1.807) is 12.3 Å². The van der Waals surface area contributed by atoms with E-state index in [1.165, 1.54) is 30.9 Å². The van der Waals surface area contributed by atoms with Gasteiger partial charge in [-0.1, -0.05) is 12.5 Å². The average molecular weight is 485 g/mol. The Morgan fingerprint density at radius 3 is 2.64 bits per heavy atom. The molecule has 1 aliphatic carbocycles. The molecule has 1 saturated heterocycles. The summed E-state index contributed by atoms with van der Waals surface area (Å²) in [4.78, 5) is 22.9. The molecule has 0 aromatic carbocycles. The average Bonchev–Trinajstić information content (AvgIpc) is 2.86. The fourth-order valence-electron chi connectivity index (χ4n) is 4.92. The predicted octanol–water partition coefficient (Wildman–Crippen LogP) is 5.10. The Bertz CT molecular complexity index is 1400. The molecule has 4 aromatic rings. The Balaban J connectivity index is 1.40. The van der Waals surface area contributed by atoms with Crippen molar-refractivity contribution in [3.63, 3.8) is 0 Å². The van der Waals surface area contributed by atoms with Crippen LogP contribution in [0.3, 0.4) is 0 Å². The zero-order valence-corrected chi connectivity index (χ0v) is 20.3. The fraction of sp³-hybridized carbons (Fsp3) is 0.370. The van der Waals surface area contributed by atoms with Crippen LogP contribution in [-0.4, -0.2) is 44.1 Å². The van der Waals surface area contributed by atoms with Gasteiger partial charge in [0.2, 0.25) is 5.95 Å². The SMILES string of the molecule is Cc1ccc(F)nc1Nc1cc(-c2nc(NC3CCNCC3)c3c(C4CCC4)cncc3n2)ccn1. The van der Waals surface area contributed by atoms with Crippen LogP contribution in [0.25, 0.3) is 22.3 Å². The van der Waals surface area contributed by atoms with Crippen molar-refractivity contribution in [2.45, 2.75) is 51.0 Å².